The predicted molar refractivity (Wildman–Crippen MR) is 78.1 cm³/mol. The Hall–Kier alpha value is -2.49. The highest BCUT2D eigenvalue weighted by Crippen LogP contribution is 2.18. The van der Waals surface area contributed by atoms with Gasteiger partial charge in [-0.15, -0.1) is 0 Å². The quantitative estimate of drug-likeness (QED) is 0.787. The average molecular weight is 267 g/mol. The molecule has 0 bridgehead atoms. The zero-order valence-electron chi connectivity index (χ0n) is 10.9. The third-order valence-electron chi connectivity index (χ3n) is 3.16. The van der Waals surface area contributed by atoms with Crippen molar-refractivity contribution >= 4 is 16.7 Å². The molecule has 20 heavy (non-hydrogen) atoms. The van der Waals surface area contributed by atoms with E-state index in [1.165, 1.54) is 12.1 Å². The SMILES string of the molecule is Fc1ccc(CCNc2ncnc3ccccc23)cc1. The second kappa shape index (κ2) is 5.65. The maximum Gasteiger partial charge on any atom is 0.137 e. The normalized spacial score (nSPS) is 10.7. The second-order valence-corrected chi connectivity index (χ2v) is 4.54. The van der Waals surface area contributed by atoms with Crippen molar-refractivity contribution in [3.63, 3.8) is 0 Å². The molecule has 0 radical (unpaired) electrons. The molecule has 0 saturated heterocycles. The number of fused-ring (bicyclic) bond motifs is 1. The van der Waals surface area contributed by atoms with Crippen LogP contribution >= 0.6 is 0 Å². The smallest absolute Gasteiger partial charge is 0.137 e. The summed E-state index contributed by atoms with van der Waals surface area (Å²) < 4.78 is 12.8. The molecule has 0 amide bonds. The van der Waals surface area contributed by atoms with Gasteiger partial charge in [-0.05, 0) is 36.2 Å². The van der Waals surface area contributed by atoms with Gasteiger partial charge in [0.15, 0.2) is 0 Å². The van der Waals surface area contributed by atoms with E-state index < -0.39 is 0 Å². The zero-order valence-corrected chi connectivity index (χ0v) is 10.9. The van der Waals surface area contributed by atoms with E-state index in [0.29, 0.717) is 0 Å². The minimum absolute atomic E-state index is 0.205. The van der Waals surface area contributed by atoms with Crippen molar-refractivity contribution in [3.05, 3.63) is 66.2 Å². The van der Waals surface area contributed by atoms with Gasteiger partial charge in [-0.2, -0.15) is 0 Å². The van der Waals surface area contributed by atoms with Crippen LogP contribution in [0.2, 0.25) is 0 Å². The van der Waals surface area contributed by atoms with Gasteiger partial charge in [-0.25, -0.2) is 14.4 Å². The molecule has 2 aromatic carbocycles. The predicted octanol–water partition coefficient (Wildman–Crippen LogP) is 3.42. The summed E-state index contributed by atoms with van der Waals surface area (Å²) in [7, 11) is 0. The highest BCUT2D eigenvalue weighted by Gasteiger charge is 2.02. The Morgan fingerprint density at radius 3 is 2.60 bits per heavy atom. The summed E-state index contributed by atoms with van der Waals surface area (Å²) in [6.45, 7) is 0.743. The molecule has 0 aliphatic rings. The first kappa shape index (κ1) is 12.5. The average Bonchev–Trinajstić information content (AvgIpc) is 2.49. The minimum atomic E-state index is -0.205. The van der Waals surface area contributed by atoms with Crippen LogP contribution in [0.5, 0.6) is 0 Å². The van der Waals surface area contributed by atoms with Crippen LogP contribution < -0.4 is 5.32 Å². The Morgan fingerprint density at radius 2 is 1.75 bits per heavy atom. The fourth-order valence-electron chi connectivity index (χ4n) is 2.12. The van der Waals surface area contributed by atoms with Crippen LogP contribution in [0, 0.1) is 5.82 Å². The molecule has 4 heteroatoms. The van der Waals surface area contributed by atoms with Gasteiger partial charge in [0.25, 0.3) is 0 Å². The molecule has 0 aliphatic heterocycles. The lowest BCUT2D eigenvalue weighted by atomic mass is 10.1. The number of halogens is 1. The molecule has 3 nitrogen and oxygen atoms in total. The number of nitrogens with one attached hydrogen (secondary N) is 1. The highest BCUT2D eigenvalue weighted by atomic mass is 19.1. The Labute approximate surface area is 116 Å². The van der Waals surface area contributed by atoms with Crippen molar-refractivity contribution in [2.45, 2.75) is 6.42 Å². The first-order chi connectivity index (χ1) is 9.83. The van der Waals surface area contributed by atoms with Crippen LogP contribution in [0.4, 0.5) is 10.2 Å². The van der Waals surface area contributed by atoms with Crippen molar-refractivity contribution in [1.82, 2.24) is 9.97 Å². The monoisotopic (exact) mass is 267 g/mol. The summed E-state index contributed by atoms with van der Waals surface area (Å²) in [4.78, 5) is 8.49. The molecule has 1 heterocycles. The molecule has 0 aliphatic carbocycles. The largest absolute Gasteiger partial charge is 0.369 e. The highest BCUT2D eigenvalue weighted by molar-refractivity contribution is 5.88. The first-order valence-corrected chi connectivity index (χ1v) is 6.51. The minimum Gasteiger partial charge on any atom is -0.369 e. The van der Waals surface area contributed by atoms with Gasteiger partial charge in [0.2, 0.25) is 0 Å². The van der Waals surface area contributed by atoms with E-state index >= 15 is 0 Å². The van der Waals surface area contributed by atoms with Crippen LogP contribution in [0.15, 0.2) is 54.9 Å². The molecule has 0 unspecified atom stereocenters. The van der Waals surface area contributed by atoms with E-state index in [9.17, 15) is 4.39 Å². The van der Waals surface area contributed by atoms with Gasteiger partial charge in [-0.3, -0.25) is 0 Å². The van der Waals surface area contributed by atoms with Crippen molar-refractivity contribution in [2.24, 2.45) is 0 Å². The third-order valence-corrected chi connectivity index (χ3v) is 3.16. The van der Waals surface area contributed by atoms with E-state index in [-0.39, 0.29) is 5.82 Å². The fraction of sp³-hybridized carbons (Fsp3) is 0.125. The third kappa shape index (κ3) is 2.74. The number of nitrogens with zero attached hydrogens (tertiary/aromatic N) is 2. The van der Waals surface area contributed by atoms with Gasteiger partial charge in [0.1, 0.15) is 18.0 Å². The number of aromatic nitrogens is 2. The molecule has 0 spiro atoms. The number of rotatable bonds is 4. The summed E-state index contributed by atoms with van der Waals surface area (Å²) in [5, 5.41) is 4.31. The summed E-state index contributed by atoms with van der Waals surface area (Å²) >= 11 is 0. The van der Waals surface area contributed by atoms with Crippen LogP contribution in [-0.2, 0) is 6.42 Å². The standard InChI is InChI=1S/C16H14FN3/c17-13-7-5-12(6-8-13)9-10-18-16-14-3-1-2-4-15(14)19-11-20-16/h1-8,11H,9-10H2,(H,18,19,20). The van der Waals surface area contributed by atoms with Crippen molar-refractivity contribution < 1.29 is 4.39 Å². The molecular formula is C16H14FN3. The van der Waals surface area contributed by atoms with Gasteiger partial charge in [0.05, 0.1) is 5.52 Å². The molecule has 100 valence electrons. The van der Waals surface area contributed by atoms with E-state index in [1.807, 2.05) is 24.3 Å². The molecular weight excluding hydrogens is 253 g/mol. The Balaban J connectivity index is 1.69. The van der Waals surface area contributed by atoms with Crippen molar-refractivity contribution in [2.75, 3.05) is 11.9 Å². The summed E-state index contributed by atoms with van der Waals surface area (Å²) in [5.41, 5.74) is 2.02. The second-order valence-electron chi connectivity index (χ2n) is 4.54. The summed E-state index contributed by atoms with van der Waals surface area (Å²) in [6, 6.07) is 14.4. The number of hydrogen-bond donors (Lipinski definition) is 1. The van der Waals surface area contributed by atoms with Crippen LogP contribution in [0.25, 0.3) is 10.9 Å². The van der Waals surface area contributed by atoms with Gasteiger partial charge >= 0.3 is 0 Å². The number of anilines is 1. The summed E-state index contributed by atoms with van der Waals surface area (Å²) in [6.07, 6.45) is 2.38. The Bertz CT molecular complexity index is 705. The first-order valence-electron chi connectivity index (χ1n) is 6.51. The van der Waals surface area contributed by atoms with E-state index in [2.05, 4.69) is 15.3 Å². The van der Waals surface area contributed by atoms with E-state index in [0.717, 1.165) is 35.2 Å². The molecule has 1 N–H and O–H groups in total. The number of benzene rings is 2. The Morgan fingerprint density at radius 1 is 0.950 bits per heavy atom. The number of hydrogen-bond acceptors (Lipinski definition) is 3. The summed E-state index contributed by atoms with van der Waals surface area (Å²) in [5.74, 6) is 0.626. The van der Waals surface area contributed by atoms with E-state index in [4.69, 9.17) is 0 Å². The fourth-order valence-corrected chi connectivity index (χ4v) is 2.12. The van der Waals surface area contributed by atoms with Gasteiger partial charge in [0, 0.05) is 11.9 Å². The Kier molecular flexibility index (Phi) is 3.54. The van der Waals surface area contributed by atoms with Crippen LogP contribution in [0.1, 0.15) is 5.56 Å². The zero-order chi connectivity index (χ0) is 13.8. The molecule has 0 fully saturated rings. The van der Waals surface area contributed by atoms with Crippen LogP contribution in [0.3, 0.4) is 0 Å². The molecule has 0 atom stereocenters. The van der Waals surface area contributed by atoms with Gasteiger partial charge < -0.3 is 5.32 Å². The lowest BCUT2D eigenvalue weighted by Gasteiger charge is -2.08. The lowest BCUT2D eigenvalue weighted by Crippen LogP contribution is -2.07. The van der Waals surface area contributed by atoms with Crippen molar-refractivity contribution in [1.29, 1.82) is 0 Å². The topological polar surface area (TPSA) is 37.8 Å². The maximum absolute atomic E-state index is 12.8. The lowest BCUT2D eigenvalue weighted by molar-refractivity contribution is 0.627. The molecule has 1 aromatic heterocycles. The number of para-hydroxylation sites is 1. The van der Waals surface area contributed by atoms with E-state index in [1.54, 1.807) is 18.5 Å². The molecule has 0 saturated carbocycles. The molecule has 3 aromatic rings. The van der Waals surface area contributed by atoms with Crippen LogP contribution in [-0.4, -0.2) is 16.5 Å². The van der Waals surface area contributed by atoms with Crippen molar-refractivity contribution in [3.8, 4) is 0 Å². The molecule has 3 rings (SSSR count). The van der Waals surface area contributed by atoms with Gasteiger partial charge in [-0.1, -0.05) is 24.3 Å². The maximum atomic E-state index is 12.8.